The van der Waals surface area contributed by atoms with E-state index in [2.05, 4.69) is 21.2 Å². The van der Waals surface area contributed by atoms with Crippen molar-refractivity contribution < 1.29 is 28.5 Å². The van der Waals surface area contributed by atoms with Crippen molar-refractivity contribution in [3.05, 3.63) is 36.0 Å². The molecule has 2 rings (SSSR count). The fourth-order valence-corrected chi connectivity index (χ4v) is 2.55. The fraction of sp³-hybridized carbons (Fsp3) is 0.111. The lowest BCUT2D eigenvalue weighted by molar-refractivity contribution is -0.632. The van der Waals surface area contributed by atoms with Crippen molar-refractivity contribution in [1.29, 1.82) is 0 Å². The molecule has 14 heavy (non-hydrogen) atoms. The molecule has 0 atom stereocenters. The summed E-state index contributed by atoms with van der Waals surface area (Å²) in [5, 5.41) is 2.07. The molecular formula is C9H9IN2S2. The number of aromatic nitrogens is 2. The van der Waals surface area contributed by atoms with E-state index in [1.54, 1.807) is 23.1 Å². The van der Waals surface area contributed by atoms with E-state index in [1.807, 2.05) is 30.6 Å². The van der Waals surface area contributed by atoms with Crippen LogP contribution >= 0.6 is 23.1 Å². The maximum atomic E-state index is 4.29. The molecule has 5 heteroatoms. The third kappa shape index (κ3) is 2.46. The molecule has 0 spiro atoms. The van der Waals surface area contributed by atoms with Crippen LogP contribution in [0.15, 0.2) is 40.3 Å². The first kappa shape index (κ1) is 11.9. The normalized spacial score (nSPS) is 9.50. The minimum absolute atomic E-state index is 0. The molecule has 2 heterocycles. The van der Waals surface area contributed by atoms with Crippen LogP contribution < -0.4 is 28.5 Å². The number of thiazole rings is 1. The lowest BCUT2D eigenvalue weighted by atomic mass is 10.5. The van der Waals surface area contributed by atoms with Gasteiger partial charge in [-0.05, 0) is 17.3 Å². The SMILES string of the molecule is CSc1scc[n+]1-c1ccccn1.[I-]. The summed E-state index contributed by atoms with van der Waals surface area (Å²) >= 11 is 3.47. The van der Waals surface area contributed by atoms with Gasteiger partial charge in [-0.1, -0.05) is 29.2 Å². The van der Waals surface area contributed by atoms with Crippen LogP contribution in [0.3, 0.4) is 0 Å². The molecule has 2 aromatic rings. The molecule has 0 aliphatic carbocycles. The Labute approximate surface area is 108 Å². The second-order valence-corrected chi connectivity index (χ2v) is 4.38. The molecule has 0 aliphatic rings. The van der Waals surface area contributed by atoms with Crippen LogP contribution in [0.25, 0.3) is 5.82 Å². The molecule has 2 aromatic heterocycles. The van der Waals surface area contributed by atoms with Crippen LogP contribution in [0.2, 0.25) is 0 Å². The lowest BCUT2D eigenvalue weighted by Crippen LogP contribution is -3.00. The molecule has 0 fully saturated rings. The van der Waals surface area contributed by atoms with Crippen LogP contribution in [0.5, 0.6) is 0 Å². The van der Waals surface area contributed by atoms with Gasteiger partial charge in [0.2, 0.25) is 4.34 Å². The van der Waals surface area contributed by atoms with Crippen molar-refractivity contribution in [2.45, 2.75) is 4.34 Å². The highest BCUT2D eigenvalue weighted by atomic mass is 127. The Kier molecular flexibility index (Phi) is 4.83. The van der Waals surface area contributed by atoms with Gasteiger partial charge in [0.1, 0.15) is 12.4 Å². The van der Waals surface area contributed by atoms with Gasteiger partial charge in [0.05, 0.1) is 0 Å². The number of thioether (sulfide) groups is 1. The zero-order chi connectivity index (χ0) is 9.10. The van der Waals surface area contributed by atoms with Crippen LogP contribution in [0, 0.1) is 0 Å². The van der Waals surface area contributed by atoms with Gasteiger partial charge in [-0.3, -0.25) is 0 Å². The maximum absolute atomic E-state index is 4.29. The standard InChI is InChI=1S/C9H9N2S2.HI/c1-12-9-11(6-7-13-9)8-4-2-3-5-10-8;/h2-7H,1H3;1H/q+1;/p-1. The van der Waals surface area contributed by atoms with Gasteiger partial charge in [-0.15, -0.1) is 0 Å². The van der Waals surface area contributed by atoms with E-state index in [0.717, 1.165) is 5.82 Å². The van der Waals surface area contributed by atoms with Crippen molar-refractivity contribution in [1.82, 2.24) is 4.98 Å². The van der Waals surface area contributed by atoms with Gasteiger partial charge >= 0.3 is 5.82 Å². The van der Waals surface area contributed by atoms with Crippen molar-refractivity contribution in [3.63, 3.8) is 0 Å². The number of halogens is 1. The number of hydrogen-bond acceptors (Lipinski definition) is 3. The predicted molar refractivity (Wildman–Crippen MR) is 55.4 cm³/mol. The van der Waals surface area contributed by atoms with Gasteiger partial charge in [-0.25, -0.2) is 0 Å². The van der Waals surface area contributed by atoms with Crippen molar-refractivity contribution in [2.75, 3.05) is 6.26 Å². The molecule has 0 saturated heterocycles. The minimum atomic E-state index is 0. The molecule has 0 unspecified atom stereocenters. The summed E-state index contributed by atoms with van der Waals surface area (Å²) in [4.78, 5) is 4.29. The van der Waals surface area contributed by atoms with E-state index in [1.165, 1.54) is 4.34 Å². The second-order valence-electron chi connectivity index (χ2n) is 2.43. The summed E-state index contributed by atoms with van der Waals surface area (Å²) in [5.74, 6) is 0.980. The van der Waals surface area contributed by atoms with Crippen LogP contribution in [0.4, 0.5) is 0 Å². The summed E-state index contributed by atoms with van der Waals surface area (Å²) < 4.78 is 3.34. The van der Waals surface area contributed by atoms with Gasteiger partial charge in [0.15, 0.2) is 0 Å². The minimum Gasteiger partial charge on any atom is -1.00 e. The second kappa shape index (κ2) is 5.67. The molecule has 74 valence electrons. The first-order valence-electron chi connectivity index (χ1n) is 3.86. The van der Waals surface area contributed by atoms with E-state index >= 15 is 0 Å². The van der Waals surface area contributed by atoms with Crippen molar-refractivity contribution in [3.8, 4) is 5.82 Å². The maximum Gasteiger partial charge on any atom is 0.329 e. The monoisotopic (exact) mass is 336 g/mol. The zero-order valence-electron chi connectivity index (χ0n) is 7.55. The molecule has 0 N–H and O–H groups in total. The Morgan fingerprint density at radius 1 is 1.43 bits per heavy atom. The Balaban J connectivity index is 0.000000980. The van der Waals surface area contributed by atoms with E-state index < -0.39 is 0 Å². The molecule has 0 aliphatic heterocycles. The highest BCUT2D eigenvalue weighted by Crippen LogP contribution is 2.16. The molecule has 0 aromatic carbocycles. The summed E-state index contributed by atoms with van der Waals surface area (Å²) in [6.07, 6.45) is 5.92. The number of hydrogen-bond donors (Lipinski definition) is 0. The highest BCUT2D eigenvalue weighted by molar-refractivity contribution is 8.00. The number of pyridine rings is 1. The van der Waals surface area contributed by atoms with Crippen molar-refractivity contribution in [2.24, 2.45) is 0 Å². The largest absolute Gasteiger partial charge is 1.00 e. The Morgan fingerprint density at radius 3 is 2.93 bits per heavy atom. The van der Waals surface area contributed by atoms with Crippen LogP contribution in [-0.2, 0) is 0 Å². The molecule has 0 saturated carbocycles. The topological polar surface area (TPSA) is 16.8 Å². The average Bonchev–Trinajstić information content (AvgIpc) is 2.67. The first-order chi connectivity index (χ1) is 6.42. The Hall–Kier alpha value is -0.140. The molecule has 0 amide bonds. The van der Waals surface area contributed by atoms with E-state index in [9.17, 15) is 0 Å². The lowest BCUT2D eigenvalue weighted by Gasteiger charge is -1.93. The van der Waals surface area contributed by atoms with Gasteiger partial charge < -0.3 is 24.0 Å². The third-order valence-corrected chi connectivity index (χ3v) is 3.64. The Morgan fingerprint density at radius 2 is 2.29 bits per heavy atom. The zero-order valence-corrected chi connectivity index (χ0v) is 11.3. The Bertz CT molecular complexity index is 389. The number of nitrogens with zero attached hydrogens (tertiary/aromatic N) is 2. The molecule has 0 bridgehead atoms. The summed E-state index contributed by atoms with van der Waals surface area (Å²) in [6, 6.07) is 5.93. The van der Waals surface area contributed by atoms with E-state index in [4.69, 9.17) is 0 Å². The van der Waals surface area contributed by atoms with E-state index in [-0.39, 0.29) is 24.0 Å². The average molecular weight is 336 g/mol. The summed E-state index contributed by atoms with van der Waals surface area (Å²) in [7, 11) is 0. The third-order valence-electron chi connectivity index (χ3n) is 1.65. The van der Waals surface area contributed by atoms with Gasteiger partial charge in [0.25, 0.3) is 0 Å². The summed E-state index contributed by atoms with van der Waals surface area (Å²) in [6.45, 7) is 0. The quantitative estimate of drug-likeness (QED) is 0.404. The predicted octanol–water partition coefficient (Wildman–Crippen LogP) is -0.854. The first-order valence-corrected chi connectivity index (χ1v) is 5.97. The van der Waals surface area contributed by atoms with Crippen LogP contribution in [0.1, 0.15) is 0 Å². The number of rotatable bonds is 2. The van der Waals surface area contributed by atoms with Gasteiger partial charge in [0, 0.05) is 11.4 Å². The highest BCUT2D eigenvalue weighted by Gasteiger charge is 2.11. The van der Waals surface area contributed by atoms with Crippen LogP contribution in [-0.4, -0.2) is 11.2 Å². The molecule has 2 nitrogen and oxygen atoms in total. The van der Waals surface area contributed by atoms with E-state index in [0.29, 0.717) is 0 Å². The van der Waals surface area contributed by atoms with Gasteiger partial charge in [-0.2, -0.15) is 4.57 Å². The van der Waals surface area contributed by atoms with Crippen molar-refractivity contribution >= 4 is 23.1 Å². The smallest absolute Gasteiger partial charge is 0.329 e. The fourth-order valence-electron chi connectivity index (χ4n) is 1.08. The molecule has 0 radical (unpaired) electrons. The summed E-state index contributed by atoms with van der Waals surface area (Å²) in [5.41, 5.74) is 0. The molecular weight excluding hydrogens is 327 g/mol.